The molecule has 1 saturated heterocycles. The molecule has 0 aliphatic carbocycles. The fourth-order valence-corrected chi connectivity index (χ4v) is 4.18. The standard InChI is InChI=1S/C20H26O9/c1-11(21)26-10-13-16-14(28-17(13)23)8-18(3)6-7-20(25-5,29-18)19(4,24)9-15(16)27-12(2)22/h8,15,24H,6-7,9-10H2,1-5H3/b14-8+/t15-,18-,19+,20+/m0/s1. The van der Waals surface area contributed by atoms with Gasteiger partial charge >= 0.3 is 17.9 Å². The van der Waals surface area contributed by atoms with Crippen molar-refractivity contribution in [1.82, 2.24) is 0 Å². The zero-order chi connectivity index (χ0) is 21.6. The predicted octanol–water partition coefficient (Wildman–Crippen LogP) is 1.28. The number of aliphatic hydroxyl groups is 1. The van der Waals surface area contributed by atoms with Crippen LogP contribution in [-0.2, 0) is 38.1 Å². The SMILES string of the molecule is CO[C@@]12CC[C@@](C)(/C=C3/OC(=O)C(COC(C)=O)=C3[C@@H](OC(C)=O)C[C@@]1(C)O)O2. The summed E-state index contributed by atoms with van der Waals surface area (Å²) in [5.74, 6) is -3.06. The highest BCUT2D eigenvalue weighted by Gasteiger charge is 2.60. The number of carbonyl (C=O) groups excluding carboxylic acids is 3. The maximum absolute atomic E-state index is 12.5. The Bertz CT molecular complexity index is 809. The molecule has 29 heavy (non-hydrogen) atoms. The quantitative estimate of drug-likeness (QED) is 0.540. The van der Waals surface area contributed by atoms with Gasteiger partial charge in [0, 0.05) is 39.4 Å². The normalized spacial score (nSPS) is 38.2. The van der Waals surface area contributed by atoms with Crippen LogP contribution in [-0.4, -0.2) is 59.8 Å². The molecule has 0 unspecified atom stereocenters. The lowest BCUT2D eigenvalue weighted by Crippen LogP contribution is -2.56. The summed E-state index contributed by atoms with van der Waals surface area (Å²) < 4.78 is 27.7. The number of esters is 3. The molecule has 9 nitrogen and oxygen atoms in total. The fourth-order valence-electron chi connectivity index (χ4n) is 4.18. The summed E-state index contributed by atoms with van der Waals surface area (Å²) >= 11 is 0. The van der Waals surface area contributed by atoms with Crippen LogP contribution in [0.5, 0.6) is 0 Å². The molecule has 0 amide bonds. The van der Waals surface area contributed by atoms with Crippen LogP contribution in [0.3, 0.4) is 0 Å². The molecule has 160 valence electrons. The van der Waals surface area contributed by atoms with E-state index in [0.29, 0.717) is 12.8 Å². The largest absolute Gasteiger partial charge is 0.461 e. The van der Waals surface area contributed by atoms with Crippen LogP contribution in [0, 0.1) is 0 Å². The summed E-state index contributed by atoms with van der Waals surface area (Å²) in [6, 6.07) is 0. The van der Waals surface area contributed by atoms with Crippen molar-refractivity contribution in [3.05, 3.63) is 23.0 Å². The van der Waals surface area contributed by atoms with Crippen molar-refractivity contribution >= 4 is 17.9 Å². The van der Waals surface area contributed by atoms with Gasteiger partial charge in [-0.05, 0) is 26.3 Å². The maximum atomic E-state index is 12.5. The van der Waals surface area contributed by atoms with E-state index in [9.17, 15) is 19.5 Å². The average Bonchev–Trinajstić information content (AvgIpc) is 3.09. The van der Waals surface area contributed by atoms with E-state index in [1.54, 1.807) is 13.0 Å². The fraction of sp³-hybridized carbons (Fsp3) is 0.650. The second-order valence-corrected chi connectivity index (χ2v) is 8.02. The van der Waals surface area contributed by atoms with Crippen molar-refractivity contribution in [2.75, 3.05) is 13.7 Å². The molecule has 3 aliphatic rings. The third-order valence-corrected chi connectivity index (χ3v) is 5.61. The van der Waals surface area contributed by atoms with Crippen LogP contribution in [0.4, 0.5) is 0 Å². The minimum absolute atomic E-state index is 0.0568. The number of carbonyl (C=O) groups is 3. The van der Waals surface area contributed by atoms with Gasteiger partial charge in [0.2, 0.25) is 0 Å². The lowest BCUT2D eigenvalue weighted by molar-refractivity contribution is -0.310. The number of fused-ring (bicyclic) bond motifs is 3. The zero-order valence-corrected chi connectivity index (χ0v) is 17.2. The number of ether oxygens (including phenoxy) is 5. The Morgan fingerprint density at radius 1 is 1.24 bits per heavy atom. The van der Waals surface area contributed by atoms with E-state index in [4.69, 9.17) is 23.7 Å². The van der Waals surface area contributed by atoms with Gasteiger partial charge in [0.1, 0.15) is 24.1 Å². The number of hydrogen-bond donors (Lipinski definition) is 1. The van der Waals surface area contributed by atoms with Gasteiger partial charge in [-0.1, -0.05) is 0 Å². The van der Waals surface area contributed by atoms with E-state index in [1.165, 1.54) is 27.9 Å². The first-order valence-electron chi connectivity index (χ1n) is 9.39. The van der Waals surface area contributed by atoms with Crippen molar-refractivity contribution in [2.45, 2.75) is 70.1 Å². The van der Waals surface area contributed by atoms with E-state index in [-0.39, 0.29) is 29.9 Å². The van der Waals surface area contributed by atoms with Crippen molar-refractivity contribution in [3.63, 3.8) is 0 Å². The summed E-state index contributed by atoms with van der Waals surface area (Å²) in [6.45, 7) is 5.43. The highest BCUT2D eigenvalue weighted by Crippen LogP contribution is 2.50. The third-order valence-electron chi connectivity index (χ3n) is 5.61. The van der Waals surface area contributed by atoms with E-state index < -0.39 is 41.0 Å². The molecular weight excluding hydrogens is 384 g/mol. The molecule has 3 heterocycles. The van der Waals surface area contributed by atoms with Gasteiger partial charge in [-0.15, -0.1) is 0 Å². The molecule has 0 spiro atoms. The summed E-state index contributed by atoms with van der Waals surface area (Å²) in [7, 11) is 1.44. The average molecular weight is 410 g/mol. The molecule has 0 saturated carbocycles. The van der Waals surface area contributed by atoms with Gasteiger partial charge < -0.3 is 28.8 Å². The van der Waals surface area contributed by atoms with Crippen molar-refractivity contribution < 1.29 is 43.2 Å². The molecule has 0 aromatic heterocycles. The number of methoxy groups -OCH3 is 1. The van der Waals surface area contributed by atoms with Crippen molar-refractivity contribution in [1.29, 1.82) is 0 Å². The summed E-state index contributed by atoms with van der Waals surface area (Å²) in [6.07, 6.45) is 1.35. The van der Waals surface area contributed by atoms with Gasteiger partial charge in [0.15, 0.2) is 5.79 Å². The van der Waals surface area contributed by atoms with Crippen molar-refractivity contribution in [2.24, 2.45) is 0 Å². The maximum Gasteiger partial charge on any atom is 0.343 e. The predicted molar refractivity (Wildman–Crippen MR) is 97.1 cm³/mol. The van der Waals surface area contributed by atoms with Crippen LogP contribution in [0.1, 0.15) is 47.0 Å². The van der Waals surface area contributed by atoms with Gasteiger partial charge in [0.05, 0.1) is 11.2 Å². The summed E-state index contributed by atoms with van der Waals surface area (Å²) in [4.78, 5) is 35.6. The molecule has 0 radical (unpaired) electrons. The second-order valence-electron chi connectivity index (χ2n) is 8.02. The highest BCUT2D eigenvalue weighted by atomic mass is 16.7. The first kappa shape index (κ1) is 21.5. The Hall–Kier alpha value is -2.23. The Kier molecular flexibility index (Phi) is 5.35. The Morgan fingerprint density at radius 2 is 1.93 bits per heavy atom. The molecule has 1 N–H and O–H groups in total. The molecule has 0 aromatic rings. The molecule has 3 aliphatic heterocycles. The topological polar surface area (TPSA) is 118 Å². The molecule has 1 fully saturated rings. The van der Waals surface area contributed by atoms with E-state index in [0.717, 1.165) is 0 Å². The van der Waals surface area contributed by atoms with Gasteiger partial charge in [-0.2, -0.15) is 0 Å². The number of rotatable bonds is 4. The lowest BCUT2D eigenvalue weighted by Gasteiger charge is -2.42. The minimum Gasteiger partial charge on any atom is -0.461 e. The first-order chi connectivity index (χ1) is 13.4. The molecule has 4 atom stereocenters. The minimum atomic E-state index is -1.58. The molecule has 0 aromatic carbocycles. The summed E-state index contributed by atoms with van der Waals surface area (Å²) in [5.41, 5.74) is -2.16. The van der Waals surface area contributed by atoms with Gasteiger partial charge in [-0.25, -0.2) is 4.79 Å². The van der Waals surface area contributed by atoms with Crippen LogP contribution in [0.15, 0.2) is 23.0 Å². The van der Waals surface area contributed by atoms with Gasteiger partial charge in [0.25, 0.3) is 0 Å². The third kappa shape index (κ3) is 3.82. The first-order valence-corrected chi connectivity index (χ1v) is 9.39. The van der Waals surface area contributed by atoms with Crippen LogP contribution in [0.2, 0.25) is 0 Å². The molecular formula is C20H26O9. The van der Waals surface area contributed by atoms with Crippen LogP contribution < -0.4 is 0 Å². The highest BCUT2D eigenvalue weighted by molar-refractivity contribution is 5.95. The Balaban J connectivity index is 2.18. The van der Waals surface area contributed by atoms with E-state index in [1.807, 2.05) is 0 Å². The lowest BCUT2D eigenvalue weighted by atomic mass is 9.82. The van der Waals surface area contributed by atoms with Crippen molar-refractivity contribution in [3.8, 4) is 0 Å². The monoisotopic (exact) mass is 410 g/mol. The Labute approximate surface area is 168 Å². The summed E-state index contributed by atoms with van der Waals surface area (Å²) in [5, 5.41) is 11.3. The molecule has 2 bridgehead atoms. The smallest absolute Gasteiger partial charge is 0.343 e. The van der Waals surface area contributed by atoms with Crippen LogP contribution >= 0.6 is 0 Å². The van der Waals surface area contributed by atoms with Gasteiger partial charge in [-0.3, -0.25) is 9.59 Å². The molecule has 3 rings (SSSR count). The van der Waals surface area contributed by atoms with E-state index in [2.05, 4.69) is 0 Å². The zero-order valence-electron chi connectivity index (χ0n) is 17.2. The molecule has 9 heteroatoms. The van der Waals surface area contributed by atoms with Crippen LogP contribution in [0.25, 0.3) is 0 Å². The number of hydrogen-bond acceptors (Lipinski definition) is 9. The Morgan fingerprint density at radius 3 is 2.52 bits per heavy atom. The van der Waals surface area contributed by atoms with E-state index >= 15 is 0 Å². The second kappa shape index (κ2) is 7.23.